The molecule has 0 bridgehead atoms. The number of aromatic nitrogens is 4. The summed E-state index contributed by atoms with van der Waals surface area (Å²) in [5.41, 5.74) is 0.932. The van der Waals surface area contributed by atoms with Gasteiger partial charge in [-0.3, -0.25) is 13.9 Å². The molecule has 1 aromatic carbocycles. The van der Waals surface area contributed by atoms with Crippen LogP contribution >= 0.6 is 0 Å². The van der Waals surface area contributed by atoms with Crippen LogP contribution in [0.15, 0.2) is 27.8 Å². The molecule has 2 aromatic heterocycles. The van der Waals surface area contributed by atoms with Crippen LogP contribution in [0.5, 0.6) is 11.5 Å². The maximum atomic E-state index is 12.4. The number of rotatable bonds is 3. The summed E-state index contributed by atoms with van der Waals surface area (Å²) in [7, 11) is 4.79. The van der Waals surface area contributed by atoms with Crippen molar-refractivity contribution in [2.45, 2.75) is 6.54 Å². The molecule has 3 aromatic rings. The van der Waals surface area contributed by atoms with E-state index in [0.29, 0.717) is 29.4 Å². The molecule has 1 aliphatic rings. The highest BCUT2D eigenvalue weighted by Gasteiger charge is 2.17. The van der Waals surface area contributed by atoms with Crippen molar-refractivity contribution in [3.8, 4) is 11.5 Å². The van der Waals surface area contributed by atoms with Crippen molar-refractivity contribution in [2.75, 3.05) is 12.1 Å². The number of benzene rings is 1. The van der Waals surface area contributed by atoms with Crippen molar-refractivity contribution in [3.05, 3.63) is 44.6 Å². The Morgan fingerprint density at radius 2 is 1.84 bits per heavy atom. The van der Waals surface area contributed by atoms with Crippen molar-refractivity contribution < 1.29 is 9.47 Å². The quantitative estimate of drug-likeness (QED) is 0.736. The van der Waals surface area contributed by atoms with Gasteiger partial charge in [-0.1, -0.05) is 6.07 Å². The molecular weight excluding hydrogens is 326 g/mol. The number of fused-ring (bicyclic) bond motifs is 2. The fourth-order valence-corrected chi connectivity index (χ4v) is 2.91. The maximum absolute atomic E-state index is 12.4. The largest absolute Gasteiger partial charge is 0.454 e. The first-order valence-corrected chi connectivity index (χ1v) is 7.72. The average Bonchev–Trinajstić information content (AvgIpc) is 3.20. The standard InChI is InChI=1S/C16H17N5O4/c1-19-12-13(20(2)16(23)21(3)14(12)22)18-15(19)17-7-9-4-5-10-11(6-9)25-8-24-10/h4-6H,7-8H2,1-3H3,(H,17,18). The number of aryl methyl sites for hydroxylation is 2. The van der Waals surface area contributed by atoms with Crippen molar-refractivity contribution in [1.82, 2.24) is 18.7 Å². The first-order chi connectivity index (χ1) is 12.0. The van der Waals surface area contributed by atoms with E-state index in [-0.39, 0.29) is 12.4 Å². The summed E-state index contributed by atoms with van der Waals surface area (Å²) in [5, 5.41) is 3.20. The first kappa shape index (κ1) is 15.3. The molecule has 0 aliphatic carbocycles. The zero-order valence-electron chi connectivity index (χ0n) is 14.1. The summed E-state index contributed by atoms with van der Waals surface area (Å²) in [5.74, 6) is 1.94. The second kappa shape index (κ2) is 5.40. The Bertz CT molecular complexity index is 1110. The van der Waals surface area contributed by atoms with Crippen LogP contribution in [0.4, 0.5) is 5.95 Å². The van der Waals surface area contributed by atoms with E-state index in [0.717, 1.165) is 15.9 Å². The van der Waals surface area contributed by atoms with E-state index in [4.69, 9.17) is 9.47 Å². The van der Waals surface area contributed by atoms with Gasteiger partial charge in [0.2, 0.25) is 12.7 Å². The Labute approximate surface area is 142 Å². The molecule has 0 unspecified atom stereocenters. The van der Waals surface area contributed by atoms with Gasteiger partial charge >= 0.3 is 5.69 Å². The van der Waals surface area contributed by atoms with Crippen LogP contribution in [0.2, 0.25) is 0 Å². The fourth-order valence-electron chi connectivity index (χ4n) is 2.91. The second-order valence-electron chi connectivity index (χ2n) is 5.91. The Hall–Kier alpha value is -3.23. The van der Waals surface area contributed by atoms with E-state index in [9.17, 15) is 9.59 Å². The third-order valence-corrected chi connectivity index (χ3v) is 4.36. The second-order valence-corrected chi connectivity index (χ2v) is 5.91. The van der Waals surface area contributed by atoms with Crippen LogP contribution in [-0.4, -0.2) is 25.5 Å². The highest BCUT2D eigenvalue weighted by atomic mass is 16.7. The number of imidazole rings is 1. The summed E-state index contributed by atoms with van der Waals surface area (Å²) in [6.07, 6.45) is 0. The molecule has 130 valence electrons. The fraction of sp³-hybridized carbons (Fsp3) is 0.312. The zero-order valence-corrected chi connectivity index (χ0v) is 14.1. The average molecular weight is 343 g/mol. The van der Waals surface area contributed by atoms with E-state index in [1.807, 2.05) is 18.2 Å². The van der Waals surface area contributed by atoms with Gasteiger partial charge in [-0.2, -0.15) is 4.98 Å². The molecule has 1 N–H and O–H groups in total. The lowest BCUT2D eigenvalue weighted by Crippen LogP contribution is -2.37. The summed E-state index contributed by atoms with van der Waals surface area (Å²) in [6, 6.07) is 5.68. The van der Waals surface area contributed by atoms with E-state index in [2.05, 4.69) is 10.3 Å². The molecule has 0 radical (unpaired) electrons. The van der Waals surface area contributed by atoms with E-state index in [1.54, 1.807) is 18.7 Å². The summed E-state index contributed by atoms with van der Waals surface area (Å²) in [4.78, 5) is 28.8. The molecule has 0 fully saturated rings. The predicted octanol–water partition coefficient (Wildman–Crippen LogP) is 0.311. The summed E-state index contributed by atoms with van der Waals surface area (Å²) in [6.45, 7) is 0.719. The summed E-state index contributed by atoms with van der Waals surface area (Å²) >= 11 is 0. The third-order valence-electron chi connectivity index (χ3n) is 4.36. The van der Waals surface area contributed by atoms with Crippen molar-refractivity contribution in [2.24, 2.45) is 21.1 Å². The van der Waals surface area contributed by atoms with Crippen LogP contribution in [0.1, 0.15) is 5.56 Å². The van der Waals surface area contributed by atoms with E-state index < -0.39 is 5.69 Å². The number of hydrogen-bond acceptors (Lipinski definition) is 6. The number of anilines is 1. The molecule has 0 atom stereocenters. The third kappa shape index (κ3) is 2.27. The highest BCUT2D eigenvalue weighted by molar-refractivity contribution is 5.74. The monoisotopic (exact) mass is 343 g/mol. The van der Waals surface area contributed by atoms with Gasteiger partial charge in [0.15, 0.2) is 22.7 Å². The molecule has 0 amide bonds. The van der Waals surface area contributed by atoms with Gasteiger partial charge in [-0.15, -0.1) is 0 Å². The van der Waals surface area contributed by atoms with Gasteiger partial charge in [0.1, 0.15) is 0 Å². The van der Waals surface area contributed by atoms with Crippen molar-refractivity contribution in [3.63, 3.8) is 0 Å². The lowest BCUT2D eigenvalue weighted by molar-refractivity contribution is 0.174. The molecule has 9 nitrogen and oxygen atoms in total. The lowest BCUT2D eigenvalue weighted by atomic mass is 10.2. The molecule has 0 saturated heterocycles. The maximum Gasteiger partial charge on any atom is 0.332 e. The van der Waals surface area contributed by atoms with E-state index in [1.165, 1.54) is 11.6 Å². The molecule has 9 heteroatoms. The first-order valence-electron chi connectivity index (χ1n) is 7.72. The number of ether oxygens (including phenoxy) is 2. The van der Waals surface area contributed by atoms with Gasteiger partial charge < -0.3 is 19.4 Å². The molecule has 4 rings (SSSR count). The SMILES string of the molecule is Cn1c(=O)c2c(nc(NCc3ccc4c(c3)OCO4)n2C)n(C)c1=O. The van der Waals surface area contributed by atoms with Crippen LogP contribution in [0.25, 0.3) is 11.2 Å². The number of nitrogens with one attached hydrogen (secondary N) is 1. The van der Waals surface area contributed by atoms with Crippen molar-refractivity contribution >= 4 is 17.1 Å². The molecule has 0 spiro atoms. The molecule has 0 saturated carbocycles. The number of nitrogens with zero attached hydrogens (tertiary/aromatic N) is 4. The Balaban J connectivity index is 1.70. The van der Waals surface area contributed by atoms with E-state index >= 15 is 0 Å². The molecular formula is C16H17N5O4. The minimum absolute atomic E-state index is 0.230. The molecule has 1 aliphatic heterocycles. The Morgan fingerprint density at radius 1 is 1.08 bits per heavy atom. The Morgan fingerprint density at radius 3 is 2.64 bits per heavy atom. The topological polar surface area (TPSA) is 92.3 Å². The van der Waals surface area contributed by atoms with Gasteiger partial charge in [0, 0.05) is 27.7 Å². The van der Waals surface area contributed by atoms with Crippen LogP contribution in [0, 0.1) is 0 Å². The van der Waals surface area contributed by atoms with Crippen LogP contribution in [0.3, 0.4) is 0 Å². The Kier molecular flexibility index (Phi) is 3.31. The molecule has 25 heavy (non-hydrogen) atoms. The zero-order chi connectivity index (χ0) is 17.7. The minimum atomic E-state index is -0.405. The highest BCUT2D eigenvalue weighted by Crippen LogP contribution is 2.32. The normalized spacial score (nSPS) is 12.8. The van der Waals surface area contributed by atoms with Gasteiger partial charge in [-0.25, -0.2) is 4.79 Å². The summed E-state index contributed by atoms with van der Waals surface area (Å²) < 4.78 is 14.8. The smallest absolute Gasteiger partial charge is 0.332 e. The molecule has 3 heterocycles. The minimum Gasteiger partial charge on any atom is -0.454 e. The number of hydrogen-bond donors (Lipinski definition) is 1. The van der Waals surface area contributed by atoms with Gasteiger partial charge in [0.25, 0.3) is 5.56 Å². The van der Waals surface area contributed by atoms with Gasteiger partial charge in [0.05, 0.1) is 0 Å². The lowest BCUT2D eigenvalue weighted by Gasteiger charge is -2.07. The van der Waals surface area contributed by atoms with Crippen LogP contribution < -0.4 is 26.0 Å². The van der Waals surface area contributed by atoms with Crippen molar-refractivity contribution in [1.29, 1.82) is 0 Å². The predicted molar refractivity (Wildman–Crippen MR) is 91.1 cm³/mol. The van der Waals surface area contributed by atoms with Crippen LogP contribution in [-0.2, 0) is 27.7 Å². The van der Waals surface area contributed by atoms with Gasteiger partial charge in [-0.05, 0) is 17.7 Å².